The van der Waals surface area contributed by atoms with Crippen LogP contribution in [0.5, 0.6) is 0 Å². The van der Waals surface area contributed by atoms with Crippen molar-refractivity contribution in [1.82, 2.24) is 5.32 Å². The summed E-state index contributed by atoms with van der Waals surface area (Å²) in [6.07, 6.45) is 0. The number of hydrogen-bond acceptors (Lipinski definition) is 3. The van der Waals surface area contributed by atoms with Gasteiger partial charge >= 0.3 is 0 Å². The standard InChI is InChI=1S/C15H24N2O2.ClH/c1-15(2,3)13(16)14(18)17-9-11-7-5-6-8-12(11)10-19-4;/h5-8,13H,9-10,16H2,1-4H3,(H,17,18);1H/t13-;/m1./s1. The number of carbonyl (C=O) groups excluding carboxylic acids is 1. The number of rotatable bonds is 5. The molecule has 3 N–H and O–H groups in total. The number of methoxy groups -OCH3 is 1. The molecule has 5 heteroatoms. The molecule has 0 aliphatic rings. The second-order valence-corrected chi connectivity index (χ2v) is 5.76. The minimum Gasteiger partial charge on any atom is -0.380 e. The summed E-state index contributed by atoms with van der Waals surface area (Å²) < 4.78 is 5.14. The zero-order chi connectivity index (χ0) is 14.5. The van der Waals surface area contributed by atoms with E-state index in [1.54, 1.807) is 7.11 Å². The molecule has 1 atom stereocenters. The van der Waals surface area contributed by atoms with Crippen LogP contribution in [0.2, 0.25) is 0 Å². The molecule has 0 aliphatic carbocycles. The van der Waals surface area contributed by atoms with Gasteiger partial charge in [0.1, 0.15) is 0 Å². The van der Waals surface area contributed by atoms with Gasteiger partial charge in [-0.2, -0.15) is 0 Å². The molecule has 0 saturated heterocycles. The lowest BCUT2D eigenvalue weighted by atomic mass is 9.87. The molecule has 20 heavy (non-hydrogen) atoms. The Morgan fingerprint density at radius 3 is 2.35 bits per heavy atom. The maximum absolute atomic E-state index is 12.0. The van der Waals surface area contributed by atoms with Gasteiger partial charge in [0.25, 0.3) is 0 Å². The molecule has 0 aliphatic heterocycles. The first-order valence-electron chi connectivity index (χ1n) is 6.45. The van der Waals surface area contributed by atoms with E-state index in [1.807, 2.05) is 45.0 Å². The zero-order valence-corrected chi connectivity index (χ0v) is 13.4. The smallest absolute Gasteiger partial charge is 0.237 e. The second kappa shape index (κ2) is 8.25. The van der Waals surface area contributed by atoms with Crippen molar-refractivity contribution in [3.8, 4) is 0 Å². The number of carbonyl (C=O) groups is 1. The molecule has 0 bridgehead atoms. The zero-order valence-electron chi connectivity index (χ0n) is 12.6. The van der Waals surface area contributed by atoms with Crippen LogP contribution in [0.1, 0.15) is 31.9 Å². The van der Waals surface area contributed by atoms with Crippen molar-refractivity contribution in [2.24, 2.45) is 11.1 Å². The van der Waals surface area contributed by atoms with Crippen molar-refractivity contribution in [1.29, 1.82) is 0 Å². The van der Waals surface area contributed by atoms with E-state index in [2.05, 4.69) is 5.32 Å². The van der Waals surface area contributed by atoms with Crippen LogP contribution < -0.4 is 11.1 Å². The Morgan fingerprint density at radius 1 is 1.30 bits per heavy atom. The maximum atomic E-state index is 12.0. The van der Waals surface area contributed by atoms with E-state index in [4.69, 9.17) is 10.5 Å². The van der Waals surface area contributed by atoms with Crippen LogP contribution in [-0.4, -0.2) is 19.1 Å². The quantitative estimate of drug-likeness (QED) is 0.876. The third-order valence-corrected chi connectivity index (χ3v) is 3.09. The van der Waals surface area contributed by atoms with Crippen LogP contribution >= 0.6 is 12.4 Å². The normalized spacial score (nSPS) is 12.4. The number of ether oxygens (including phenoxy) is 1. The molecule has 0 spiro atoms. The number of hydrogen-bond donors (Lipinski definition) is 2. The SMILES string of the molecule is COCc1ccccc1CNC(=O)[C@@H](N)C(C)(C)C.Cl. The van der Waals surface area contributed by atoms with Crippen LogP contribution in [0, 0.1) is 5.41 Å². The van der Waals surface area contributed by atoms with E-state index in [-0.39, 0.29) is 23.7 Å². The first-order chi connectivity index (χ1) is 8.86. The predicted molar refractivity (Wildman–Crippen MR) is 83.7 cm³/mol. The van der Waals surface area contributed by atoms with Gasteiger partial charge in [0.05, 0.1) is 12.6 Å². The predicted octanol–water partition coefficient (Wildman–Crippen LogP) is 2.24. The summed E-state index contributed by atoms with van der Waals surface area (Å²) >= 11 is 0. The number of amides is 1. The van der Waals surface area contributed by atoms with Crippen LogP contribution in [0.15, 0.2) is 24.3 Å². The Bertz CT molecular complexity index is 430. The van der Waals surface area contributed by atoms with E-state index in [1.165, 1.54) is 0 Å². The highest BCUT2D eigenvalue weighted by molar-refractivity contribution is 5.85. The second-order valence-electron chi connectivity index (χ2n) is 5.76. The maximum Gasteiger partial charge on any atom is 0.237 e. The van der Waals surface area contributed by atoms with Crippen molar-refractivity contribution in [2.75, 3.05) is 7.11 Å². The average molecular weight is 301 g/mol. The fourth-order valence-electron chi connectivity index (χ4n) is 1.71. The van der Waals surface area contributed by atoms with E-state index < -0.39 is 6.04 Å². The fraction of sp³-hybridized carbons (Fsp3) is 0.533. The number of benzene rings is 1. The summed E-state index contributed by atoms with van der Waals surface area (Å²) in [6, 6.07) is 7.37. The lowest BCUT2D eigenvalue weighted by Gasteiger charge is -2.26. The third-order valence-electron chi connectivity index (χ3n) is 3.09. The molecule has 0 heterocycles. The summed E-state index contributed by atoms with van der Waals surface area (Å²) in [6.45, 7) is 6.88. The Morgan fingerprint density at radius 2 is 1.85 bits per heavy atom. The van der Waals surface area contributed by atoms with E-state index in [0.717, 1.165) is 11.1 Å². The molecule has 0 aromatic heterocycles. The molecule has 1 aromatic rings. The Balaban J connectivity index is 0.00000361. The molecule has 1 amide bonds. The van der Waals surface area contributed by atoms with Crippen molar-refractivity contribution >= 4 is 18.3 Å². The lowest BCUT2D eigenvalue weighted by molar-refractivity contribution is -0.124. The highest BCUT2D eigenvalue weighted by Gasteiger charge is 2.27. The monoisotopic (exact) mass is 300 g/mol. The first-order valence-corrected chi connectivity index (χ1v) is 6.45. The molecule has 1 rings (SSSR count). The molecule has 0 fully saturated rings. The van der Waals surface area contributed by atoms with Gasteiger partial charge in [-0.15, -0.1) is 12.4 Å². The van der Waals surface area contributed by atoms with Gasteiger partial charge in [-0.3, -0.25) is 4.79 Å². The third kappa shape index (κ3) is 5.49. The molecular formula is C15H25ClN2O2. The molecule has 1 aromatic carbocycles. The van der Waals surface area contributed by atoms with Gasteiger partial charge in [0.15, 0.2) is 0 Å². The molecule has 0 radical (unpaired) electrons. The van der Waals surface area contributed by atoms with Gasteiger partial charge < -0.3 is 15.8 Å². The van der Waals surface area contributed by atoms with Gasteiger partial charge in [-0.1, -0.05) is 45.0 Å². The van der Waals surface area contributed by atoms with Crippen molar-refractivity contribution < 1.29 is 9.53 Å². The highest BCUT2D eigenvalue weighted by Crippen LogP contribution is 2.17. The van der Waals surface area contributed by atoms with E-state index in [0.29, 0.717) is 13.2 Å². The largest absolute Gasteiger partial charge is 0.380 e. The molecule has 114 valence electrons. The highest BCUT2D eigenvalue weighted by atomic mass is 35.5. The number of nitrogens with two attached hydrogens (primary N) is 1. The van der Waals surface area contributed by atoms with E-state index >= 15 is 0 Å². The topological polar surface area (TPSA) is 64.3 Å². The molecular weight excluding hydrogens is 276 g/mol. The summed E-state index contributed by atoms with van der Waals surface area (Å²) in [7, 11) is 1.66. The van der Waals surface area contributed by atoms with Gasteiger partial charge in [0, 0.05) is 13.7 Å². The number of nitrogens with one attached hydrogen (secondary N) is 1. The van der Waals surface area contributed by atoms with Crippen LogP contribution in [0.25, 0.3) is 0 Å². The van der Waals surface area contributed by atoms with Crippen molar-refractivity contribution in [3.05, 3.63) is 35.4 Å². The minimum absolute atomic E-state index is 0. The summed E-state index contributed by atoms with van der Waals surface area (Å²) in [5, 5.41) is 2.88. The van der Waals surface area contributed by atoms with Crippen LogP contribution in [0.4, 0.5) is 0 Å². The summed E-state index contributed by atoms with van der Waals surface area (Å²) in [5.74, 6) is -0.125. The van der Waals surface area contributed by atoms with Crippen LogP contribution in [0.3, 0.4) is 0 Å². The Labute approximate surface area is 127 Å². The Kier molecular flexibility index (Phi) is 7.79. The van der Waals surface area contributed by atoms with Crippen molar-refractivity contribution in [3.63, 3.8) is 0 Å². The van der Waals surface area contributed by atoms with Gasteiger partial charge in [-0.05, 0) is 16.5 Å². The average Bonchev–Trinajstić information content (AvgIpc) is 2.35. The number of halogens is 1. The fourth-order valence-corrected chi connectivity index (χ4v) is 1.71. The van der Waals surface area contributed by atoms with Crippen LogP contribution in [-0.2, 0) is 22.7 Å². The molecule has 0 saturated carbocycles. The lowest BCUT2D eigenvalue weighted by Crippen LogP contribution is -2.48. The minimum atomic E-state index is -0.512. The van der Waals surface area contributed by atoms with Gasteiger partial charge in [0.2, 0.25) is 5.91 Å². The first kappa shape index (κ1) is 18.9. The summed E-state index contributed by atoms with van der Waals surface area (Å²) in [5.41, 5.74) is 7.81. The molecule has 0 unspecified atom stereocenters. The van der Waals surface area contributed by atoms with Gasteiger partial charge in [-0.25, -0.2) is 0 Å². The van der Waals surface area contributed by atoms with Crippen molar-refractivity contribution in [2.45, 2.75) is 40.0 Å². The molecule has 4 nitrogen and oxygen atoms in total. The summed E-state index contributed by atoms with van der Waals surface area (Å²) in [4.78, 5) is 12.0. The Hall–Kier alpha value is -1.10. The van der Waals surface area contributed by atoms with E-state index in [9.17, 15) is 4.79 Å².